The first-order chi connectivity index (χ1) is 7.26. The van der Waals surface area contributed by atoms with Gasteiger partial charge in [0.2, 0.25) is 0 Å². The van der Waals surface area contributed by atoms with E-state index in [2.05, 4.69) is 31.4 Å². The molecule has 2 N–H and O–H groups in total. The highest BCUT2D eigenvalue weighted by molar-refractivity contribution is 7.99. The molecular formula is C12H17NS2. The van der Waals surface area contributed by atoms with Gasteiger partial charge in [0.25, 0.3) is 0 Å². The summed E-state index contributed by atoms with van der Waals surface area (Å²) in [4.78, 5) is 1.32. The second kappa shape index (κ2) is 4.81. The maximum absolute atomic E-state index is 6.29. The Morgan fingerprint density at radius 2 is 2.33 bits per heavy atom. The maximum Gasteiger partial charge on any atom is 0.0419 e. The van der Waals surface area contributed by atoms with Gasteiger partial charge in [-0.15, -0.1) is 11.8 Å². The van der Waals surface area contributed by atoms with Gasteiger partial charge in [0, 0.05) is 21.9 Å². The predicted molar refractivity (Wildman–Crippen MR) is 70.5 cm³/mol. The zero-order chi connectivity index (χ0) is 10.8. The topological polar surface area (TPSA) is 26.0 Å². The SMILES string of the molecule is CCC1SCc2ccc(SC)cc2C1N. The minimum atomic E-state index is 0.218. The van der Waals surface area contributed by atoms with E-state index in [1.54, 1.807) is 11.8 Å². The first-order valence-electron chi connectivity index (χ1n) is 5.30. The van der Waals surface area contributed by atoms with Gasteiger partial charge in [-0.2, -0.15) is 11.8 Å². The Hall–Kier alpha value is -0.120. The van der Waals surface area contributed by atoms with Gasteiger partial charge in [0.05, 0.1) is 0 Å². The van der Waals surface area contributed by atoms with Gasteiger partial charge >= 0.3 is 0 Å². The molecule has 0 amide bonds. The Labute approximate surface area is 100 Å². The van der Waals surface area contributed by atoms with Gasteiger partial charge in [-0.3, -0.25) is 0 Å². The molecule has 1 aromatic rings. The van der Waals surface area contributed by atoms with Crippen molar-refractivity contribution in [3.05, 3.63) is 29.3 Å². The van der Waals surface area contributed by atoms with Crippen LogP contribution in [0, 0.1) is 0 Å². The lowest BCUT2D eigenvalue weighted by molar-refractivity contribution is 0.642. The third-order valence-corrected chi connectivity index (χ3v) is 5.23. The summed E-state index contributed by atoms with van der Waals surface area (Å²) < 4.78 is 0. The molecule has 1 heterocycles. The van der Waals surface area contributed by atoms with Crippen molar-refractivity contribution >= 4 is 23.5 Å². The van der Waals surface area contributed by atoms with Gasteiger partial charge < -0.3 is 5.73 Å². The summed E-state index contributed by atoms with van der Waals surface area (Å²) in [6.45, 7) is 2.22. The van der Waals surface area contributed by atoms with Gasteiger partial charge in [-0.1, -0.05) is 13.0 Å². The summed E-state index contributed by atoms with van der Waals surface area (Å²) in [5, 5.41) is 0.592. The van der Waals surface area contributed by atoms with Crippen LogP contribution in [-0.2, 0) is 5.75 Å². The highest BCUT2D eigenvalue weighted by Crippen LogP contribution is 2.38. The van der Waals surface area contributed by atoms with E-state index in [1.807, 2.05) is 11.8 Å². The quantitative estimate of drug-likeness (QED) is 0.801. The molecule has 2 rings (SSSR count). The van der Waals surface area contributed by atoms with E-state index >= 15 is 0 Å². The first kappa shape index (κ1) is 11.4. The van der Waals surface area contributed by atoms with Crippen LogP contribution in [0.15, 0.2) is 23.1 Å². The van der Waals surface area contributed by atoms with Crippen LogP contribution < -0.4 is 5.73 Å². The second-order valence-electron chi connectivity index (χ2n) is 3.85. The molecule has 2 unspecified atom stereocenters. The van der Waals surface area contributed by atoms with Crippen LogP contribution in [0.25, 0.3) is 0 Å². The van der Waals surface area contributed by atoms with E-state index in [-0.39, 0.29) is 6.04 Å². The number of hydrogen-bond donors (Lipinski definition) is 1. The first-order valence-corrected chi connectivity index (χ1v) is 7.57. The molecule has 0 aliphatic carbocycles. The molecule has 1 aromatic carbocycles. The lowest BCUT2D eigenvalue weighted by Crippen LogP contribution is -2.27. The van der Waals surface area contributed by atoms with E-state index in [9.17, 15) is 0 Å². The lowest BCUT2D eigenvalue weighted by atomic mass is 9.97. The Kier molecular flexibility index (Phi) is 3.65. The molecule has 1 nitrogen and oxygen atoms in total. The molecular weight excluding hydrogens is 222 g/mol. The van der Waals surface area contributed by atoms with Gasteiger partial charge in [-0.25, -0.2) is 0 Å². The van der Waals surface area contributed by atoms with Crippen molar-refractivity contribution in [2.75, 3.05) is 6.26 Å². The van der Waals surface area contributed by atoms with Gasteiger partial charge in [0.1, 0.15) is 0 Å². The molecule has 1 aliphatic rings. The summed E-state index contributed by atoms with van der Waals surface area (Å²) in [5.41, 5.74) is 9.09. The highest BCUT2D eigenvalue weighted by atomic mass is 32.2. The van der Waals surface area contributed by atoms with E-state index in [0.717, 1.165) is 12.2 Å². The number of benzene rings is 1. The molecule has 2 atom stereocenters. The van der Waals surface area contributed by atoms with Crippen molar-refractivity contribution in [3.8, 4) is 0 Å². The van der Waals surface area contributed by atoms with Crippen LogP contribution >= 0.6 is 23.5 Å². The van der Waals surface area contributed by atoms with E-state index < -0.39 is 0 Å². The van der Waals surface area contributed by atoms with Crippen molar-refractivity contribution in [1.82, 2.24) is 0 Å². The fourth-order valence-electron chi connectivity index (χ4n) is 2.01. The third kappa shape index (κ3) is 2.19. The predicted octanol–water partition coefficient (Wildman–Crippen LogP) is 3.43. The summed E-state index contributed by atoms with van der Waals surface area (Å²) in [6.07, 6.45) is 3.27. The minimum Gasteiger partial charge on any atom is -0.323 e. The number of thioether (sulfide) groups is 2. The Morgan fingerprint density at radius 3 is 3.00 bits per heavy atom. The number of fused-ring (bicyclic) bond motifs is 1. The van der Waals surface area contributed by atoms with E-state index in [4.69, 9.17) is 5.73 Å². The number of nitrogens with two attached hydrogens (primary N) is 1. The molecule has 3 heteroatoms. The number of rotatable bonds is 2. The summed E-state index contributed by atoms with van der Waals surface area (Å²) in [6, 6.07) is 6.92. The zero-order valence-corrected chi connectivity index (χ0v) is 10.8. The smallest absolute Gasteiger partial charge is 0.0419 e. The van der Waals surface area contributed by atoms with Crippen LogP contribution in [0.3, 0.4) is 0 Å². The van der Waals surface area contributed by atoms with Crippen LogP contribution in [-0.4, -0.2) is 11.5 Å². The molecule has 0 spiro atoms. The minimum absolute atomic E-state index is 0.218. The normalized spacial score (nSPS) is 25.0. The largest absolute Gasteiger partial charge is 0.323 e. The molecule has 0 saturated carbocycles. The van der Waals surface area contributed by atoms with Crippen molar-refractivity contribution in [1.29, 1.82) is 0 Å². The maximum atomic E-state index is 6.29. The molecule has 0 radical (unpaired) electrons. The average Bonchev–Trinajstić information content (AvgIpc) is 2.29. The van der Waals surface area contributed by atoms with Crippen molar-refractivity contribution < 1.29 is 0 Å². The van der Waals surface area contributed by atoms with Crippen molar-refractivity contribution in [2.45, 2.75) is 35.3 Å². The van der Waals surface area contributed by atoms with Crippen molar-refractivity contribution in [2.24, 2.45) is 5.73 Å². The second-order valence-corrected chi connectivity index (χ2v) is 5.96. The standard InChI is InChI=1S/C12H17NS2/c1-3-11-12(13)10-6-9(14-2)5-4-8(10)7-15-11/h4-6,11-12H,3,7,13H2,1-2H3. The molecule has 1 aliphatic heterocycles. The van der Waals surface area contributed by atoms with Gasteiger partial charge in [-0.05, 0) is 35.9 Å². The van der Waals surface area contributed by atoms with Crippen LogP contribution in [0.4, 0.5) is 0 Å². The highest BCUT2D eigenvalue weighted by Gasteiger charge is 2.25. The Morgan fingerprint density at radius 1 is 1.53 bits per heavy atom. The molecule has 0 saturated heterocycles. The van der Waals surface area contributed by atoms with E-state index in [0.29, 0.717) is 5.25 Å². The Balaban J connectivity index is 2.35. The van der Waals surface area contributed by atoms with Crippen LogP contribution in [0.2, 0.25) is 0 Å². The molecule has 82 valence electrons. The monoisotopic (exact) mass is 239 g/mol. The van der Waals surface area contributed by atoms with E-state index in [1.165, 1.54) is 16.0 Å². The lowest BCUT2D eigenvalue weighted by Gasteiger charge is -2.30. The van der Waals surface area contributed by atoms with Crippen LogP contribution in [0.5, 0.6) is 0 Å². The van der Waals surface area contributed by atoms with Crippen LogP contribution in [0.1, 0.15) is 30.5 Å². The fraction of sp³-hybridized carbons (Fsp3) is 0.500. The number of hydrogen-bond acceptors (Lipinski definition) is 3. The Bertz CT molecular complexity index is 351. The summed E-state index contributed by atoms with van der Waals surface area (Å²) in [5.74, 6) is 1.12. The molecule has 0 bridgehead atoms. The summed E-state index contributed by atoms with van der Waals surface area (Å²) in [7, 11) is 0. The molecule has 0 aromatic heterocycles. The zero-order valence-electron chi connectivity index (χ0n) is 9.19. The van der Waals surface area contributed by atoms with Gasteiger partial charge in [0.15, 0.2) is 0 Å². The fourth-order valence-corrected chi connectivity index (χ4v) is 3.71. The third-order valence-electron chi connectivity index (χ3n) is 2.97. The van der Waals surface area contributed by atoms with Crippen molar-refractivity contribution in [3.63, 3.8) is 0 Å². The summed E-state index contributed by atoms with van der Waals surface area (Å²) >= 11 is 3.79. The average molecular weight is 239 g/mol. The molecule has 0 fully saturated rings. The molecule has 15 heavy (non-hydrogen) atoms.